The van der Waals surface area contributed by atoms with Gasteiger partial charge in [-0.15, -0.1) is 11.6 Å². The third-order valence-electron chi connectivity index (χ3n) is 3.00. The third-order valence-corrected chi connectivity index (χ3v) is 3.71. The second-order valence-corrected chi connectivity index (χ2v) is 5.47. The Morgan fingerprint density at radius 2 is 1.62 bits per heavy atom. The molecule has 0 radical (unpaired) electrons. The molecule has 0 saturated heterocycles. The fourth-order valence-corrected chi connectivity index (χ4v) is 2.29. The number of hydrogen-bond acceptors (Lipinski definition) is 0. The average molecular weight is 337 g/mol. The zero-order valence-corrected chi connectivity index (χ0v) is 12.1. The molecule has 21 heavy (non-hydrogen) atoms. The van der Waals surface area contributed by atoms with Gasteiger partial charge in [-0.05, 0) is 41.8 Å². The molecule has 1 atom stereocenters. The van der Waals surface area contributed by atoms with Crippen molar-refractivity contribution in [1.29, 1.82) is 0 Å². The van der Waals surface area contributed by atoms with E-state index in [-0.39, 0.29) is 5.02 Å². The molecule has 0 heterocycles. The Hall–Kier alpha value is -1.26. The highest BCUT2D eigenvalue weighted by Crippen LogP contribution is 2.31. The molecule has 2 aromatic rings. The van der Waals surface area contributed by atoms with Crippen LogP contribution in [0.5, 0.6) is 0 Å². The molecule has 1 unspecified atom stereocenters. The summed E-state index contributed by atoms with van der Waals surface area (Å²) in [7, 11) is 0. The summed E-state index contributed by atoms with van der Waals surface area (Å²) >= 11 is 11.7. The van der Waals surface area contributed by atoms with E-state index in [0.29, 0.717) is 17.5 Å². The monoisotopic (exact) mass is 336 g/mol. The van der Waals surface area contributed by atoms with Crippen molar-refractivity contribution in [3.05, 3.63) is 70.0 Å². The maximum atomic E-state index is 13.3. The molecule has 112 valence electrons. The summed E-state index contributed by atoms with van der Waals surface area (Å²) < 4.78 is 50.7. The molecule has 0 N–H and O–H groups in total. The molecule has 2 rings (SSSR count). The quantitative estimate of drug-likeness (QED) is 0.474. The first-order valence-electron chi connectivity index (χ1n) is 6.02. The van der Waals surface area contributed by atoms with E-state index < -0.39 is 22.9 Å². The van der Waals surface area contributed by atoms with Gasteiger partial charge in [0.2, 0.25) is 0 Å². The molecule has 6 heteroatoms. The summed E-state index contributed by atoms with van der Waals surface area (Å²) in [6.45, 7) is 0. The highest BCUT2D eigenvalue weighted by Gasteiger charge is 2.30. The summed E-state index contributed by atoms with van der Waals surface area (Å²) in [6, 6.07) is 8.95. The van der Waals surface area contributed by atoms with Crippen LogP contribution in [0.2, 0.25) is 5.02 Å². The molecule has 0 fully saturated rings. The van der Waals surface area contributed by atoms with Gasteiger partial charge < -0.3 is 0 Å². The molecule has 0 aromatic heterocycles. The number of rotatable bonds is 3. The first-order valence-corrected chi connectivity index (χ1v) is 6.84. The van der Waals surface area contributed by atoms with Crippen LogP contribution in [0.15, 0.2) is 42.5 Å². The van der Waals surface area contributed by atoms with Crippen molar-refractivity contribution in [2.75, 3.05) is 0 Å². The first kappa shape index (κ1) is 16.1. The average Bonchev–Trinajstić information content (AvgIpc) is 2.41. The van der Waals surface area contributed by atoms with E-state index in [4.69, 9.17) is 23.2 Å². The normalized spacial score (nSPS) is 13.2. The fourth-order valence-electron chi connectivity index (χ4n) is 1.86. The van der Waals surface area contributed by atoms with Crippen molar-refractivity contribution >= 4 is 23.2 Å². The van der Waals surface area contributed by atoms with Gasteiger partial charge in [-0.1, -0.05) is 29.8 Å². The zero-order valence-electron chi connectivity index (χ0n) is 10.6. The standard InChI is InChI=1S/C15H10Cl2F4/c16-12-6-3-10(8-14(12)18)13(17)7-9-1-4-11(5-2-9)15(19,20)21/h1-6,8,13H,7H2. The molecule has 0 aliphatic heterocycles. The van der Waals surface area contributed by atoms with Crippen molar-refractivity contribution in [3.63, 3.8) is 0 Å². The predicted octanol–water partition coefficient (Wildman–Crippen LogP) is 6.02. The minimum atomic E-state index is -4.36. The van der Waals surface area contributed by atoms with Crippen molar-refractivity contribution in [3.8, 4) is 0 Å². The second-order valence-electron chi connectivity index (χ2n) is 4.54. The fraction of sp³-hybridized carbons (Fsp3) is 0.200. The van der Waals surface area contributed by atoms with Gasteiger partial charge in [-0.2, -0.15) is 13.2 Å². The van der Waals surface area contributed by atoms with Crippen LogP contribution in [-0.2, 0) is 12.6 Å². The SMILES string of the molecule is Fc1cc(C(Cl)Cc2ccc(C(F)(F)F)cc2)ccc1Cl. The molecule has 0 spiro atoms. The highest BCUT2D eigenvalue weighted by atomic mass is 35.5. The van der Waals surface area contributed by atoms with Gasteiger partial charge >= 0.3 is 6.18 Å². The Kier molecular flexibility index (Phi) is 4.79. The van der Waals surface area contributed by atoms with E-state index in [2.05, 4.69) is 0 Å². The largest absolute Gasteiger partial charge is 0.416 e. The Labute approximate surface area is 129 Å². The lowest BCUT2D eigenvalue weighted by atomic mass is 10.0. The Morgan fingerprint density at radius 3 is 2.14 bits per heavy atom. The second kappa shape index (κ2) is 6.24. The van der Waals surface area contributed by atoms with Crippen LogP contribution < -0.4 is 0 Å². The smallest absolute Gasteiger partial charge is 0.205 e. The highest BCUT2D eigenvalue weighted by molar-refractivity contribution is 6.30. The molecular formula is C15H10Cl2F4. The van der Waals surface area contributed by atoms with E-state index in [1.54, 1.807) is 6.07 Å². The van der Waals surface area contributed by atoms with Gasteiger partial charge in [0.15, 0.2) is 0 Å². The number of hydrogen-bond donors (Lipinski definition) is 0. The van der Waals surface area contributed by atoms with Crippen LogP contribution >= 0.6 is 23.2 Å². The van der Waals surface area contributed by atoms with Crippen molar-refractivity contribution in [2.45, 2.75) is 18.0 Å². The van der Waals surface area contributed by atoms with Crippen LogP contribution in [0.1, 0.15) is 22.1 Å². The van der Waals surface area contributed by atoms with Crippen LogP contribution in [0.25, 0.3) is 0 Å². The third kappa shape index (κ3) is 4.11. The van der Waals surface area contributed by atoms with E-state index in [9.17, 15) is 17.6 Å². The molecule has 0 amide bonds. The maximum Gasteiger partial charge on any atom is 0.416 e. The summed E-state index contributed by atoms with van der Waals surface area (Å²) in [6.07, 6.45) is -4.07. The van der Waals surface area contributed by atoms with Crippen LogP contribution in [0.4, 0.5) is 17.6 Å². The summed E-state index contributed by atoms with van der Waals surface area (Å²) in [5.41, 5.74) is 0.451. The van der Waals surface area contributed by atoms with Crippen LogP contribution in [0, 0.1) is 5.82 Å². The minimum absolute atomic E-state index is 0.00264. The molecule has 2 aromatic carbocycles. The lowest BCUT2D eigenvalue weighted by molar-refractivity contribution is -0.137. The number of benzene rings is 2. The maximum absolute atomic E-state index is 13.3. The topological polar surface area (TPSA) is 0 Å². The Morgan fingerprint density at radius 1 is 1.00 bits per heavy atom. The van der Waals surface area contributed by atoms with Crippen LogP contribution in [0.3, 0.4) is 0 Å². The molecular weight excluding hydrogens is 327 g/mol. The summed E-state index contributed by atoms with van der Waals surface area (Å²) in [4.78, 5) is 0. The van der Waals surface area contributed by atoms with Crippen LogP contribution in [-0.4, -0.2) is 0 Å². The van der Waals surface area contributed by atoms with E-state index in [1.165, 1.54) is 24.3 Å². The van der Waals surface area contributed by atoms with Gasteiger partial charge in [0.05, 0.1) is 16.0 Å². The van der Waals surface area contributed by atoms with Crippen molar-refractivity contribution in [2.24, 2.45) is 0 Å². The van der Waals surface area contributed by atoms with E-state index in [1.807, 2.05) is 0 Å². The van der Waals surface area contributed by atoms with E-state index in [0.717, 1.165) is 12.1 Å². The van der Waals surface area contributed by atoms with Crippen molar-refractivity contribution in [1.82, 2.24) is 0 Å². The van der Waals surface area contributed by atoms with Gasteiger partial charge in [0, 0.05) is 0 Å². The molecule has 0 aliphatic rings. The number of halogens is 6. The lowest BCUT2D eigenvalue weighted by Gasteiger charge is -2.12. The number of alkyl halides is 4. The van der Waals surface area contributed by atoms with Crippen molar-refractivity contribution < 1.29 is 17.6 Å². The molecule has 0 nitrogen and oxygen atoms in total. The van der Waals surface area contributed by atoms with E-state index >= 15 is 0 Å². The lowest BCUT2D eigenvalue weighted by Crippen LogP contribution is -2.05. The molecule has 0 bridgehead atoms. The predicted molar refractivity (Wildman–Crippen MR) is 75.2 cm³/mol. The minimum Gasteiger partial charge on any atom is -0.205 e. The zero-order chi connectivity index (χ0) is 15.6. The first-order chi connectivity index (χ1) is 9.77. The Bertz CT molecular complexity index is 621. The van der Waals surface area contributed by atoms with Gasteiger partial charge in [-0.25, -0.2) is 4.39 Å². The van der Waals surface area contributed by atoms with Gasteiger partial charge in [-0.3, -0.25) is 0 Å². The molecule has 0 saturated carbocycles. The summed E-state index contributed by atoms with van der Waals surface area (Å²) in [5, 5.41) is -0.550. The summed E-state index contributed by atoms with van der Waals surface area (Å²) in [5.74, 6) is -0.577. The Balaban J connectivity index is 2.12. The van der Waals surface area contributed by atoms with Gasteiger partial charge in [0.1, 0.15) is 5.82 Å². The van der Waals surface area contributed by atoms with Gasteiger partial charge in [0.25, 0.3) is 0 Å². The molecule has 0 aliphatic carbocycles.